The van der Waals surface area contributed by atoms with Gasteiger partial charge in [0.05, 0.1) is 0 Å². The van der Waals surface area contributed by atoms with Gasteiger partial charge in [-0.3, -0.25) is 0 Å². The Kier molecular flexibility index (Phi) is 5.57. The molecule has 0 fully saturated rings. The van der Waals surface area contributed by atoms with Crippen molar-refractivity contribution in [2.75, 3.05) is 13.6 Å². The molecule has 0 aromatic heterocycles. The molecule has 2 atom stereocenters. The maximum Gasteiger partial charge on any atom is 0.0346 e. The van der Waals surface area contributed by atoms with Crippen molar-refractivity contribution in [3.63, 3.8) is 0 Å². The lowest BCUT2D eigenvalue weighted by atomic mass is 9.83. The molecule has 0 spiro atoms. The van der Waals surface area contributed by atoms with E-state index in [0.29, 0.717) is 12.0 Å². The molecule has 0 bridgehead atoms. The number of benzene rings is 1. The number of nitrogens with two attached hydrogens (primary N) is 1. The summed E-state index contributed by atoms with van der Waals surface area (Å²) in [7, 11) is 2.04. The van der Waals surface area contributed by atoms with Crippen molar-refractivity contribution in [2.45, 2.75) is 52.5 Å². The molecule has 19 heavy (non-hydrogen) atoms. The minimum Gasteiger partial charge on any atom is -0.330 e. The SMILES string of the molecule is CNC(c1ccc(C(C)(C)C)cc1C)C(C)CCN. The molecule has 0 aliphatic heterocycles. The monoisotopic (exact) mass is 262 g/mol. The average molecular weight is 262 g/mol. The molecule has 0 aliphatic carbocycles. The van der Waals surface area contributed by atoms with Gasteiger partial charge in [0.1, 0.15) is 0 Å². The van der Waals surface area contributed by atoms with Gasteiger partial charge in [-0.15, -0.1) is 0 Å². The van der Waals surface area contributed by atoms with Crippen molar-refractivity contribution in [2.24, 2.45) is 11.7 Å². The van der Waals surface area contributed by atoms with Crippen LogP contribution in [-0.2, 0) is 5.41 Å². The van der Waals surface area contributed by atoms with Crippen LogP contribution in [-0.4, -0.2) is 13.6 Å². The fraction of sp³-hybridized carbons (Fsp3) is 0.647. The van der Waals surface area contributed by atoms with Gasteiger partial charge in [-0.2, -0.15) is 0 Å². The molecule has 0 saturated carbocycles. The molecule has 3 N–H and O–H groups in total. The van der Waals surface area contributed by atoms with Gasteiger partial charge in [0.15, 0.2) is 0 Å². The number of rotatable bonds is 5. The Morgan fingerprint density at radius 2 is 1.89 bits per heavy atom. The van der Waals surface area contributed by atoms with E-state index in [-0.39, 0.29) is 5.41 Å². The summed E-state index contributed by atoms with van der Waals surface area (Å²) in [5.41, 5.74) is 10.1. The van der Waals surface area contributed by atoms with Gasteiger partial charge < -0.3 is 11.1 Å². The Hall–Kier alpha value is -0.860. The van der Waals surface area contributed by atoms with Crippen LogP contribution < -0.4 is 11.1 Å². The zero-order chi connectivity index (χ0) is 14.6. The molecular formula is C17H30N2. The second kappa shape index (κ2) is 6.53. The van der Waals surface area contributed by atoms with Gasteiger partial charge in [0, 0.05) is 6.04 Å². The highest BCUT2D eigenvalue weighted by Crippen LogP contribution is 2.30. The van der Waals surface area contributed by atoms with Crippen LogP contribution in [0.1, 0.15) is 56.8 Å². The lowest BCUT2D eigenvalue weighted by molar-refractivity contribution is 0.390. The standard InChI is InChI=1S/C17H30N2/c1-12(9-10-18)16(19-6)15-8-7-14(11-13(15)2)17(3,4)5/h7-8,11-12,16,19H,9-10,18H2,1-6H3. The van der Waals surface area contributed by atoms with Crippen LogP contribution in [0.15, 0.2) is 18.2 Å². The molecular weight excluding hydrogens is 232 g/mol. The van der Waals surface area contributed by atoms with E-state index in [1.165, 1.54) is 16.7 Å². The Balaban J connectivity index is 3.06. The molecule has 1 aromatic carbocycles. The van der Waals surface area contributed by atoms with E-state index in [2.05, 4.69) is 58.1 Å². The predicted molar refractivity (Wildman–Crippen MR) is 84.5 cm³/mol. The zero-order valence-corrected chi connectivity index (χ0v) is 13.4. The third-order valence-electron chi connectivity index (χ3n) is 3.97. The molecule has 0 aliphatic rings. The Bertz CT molecular complexity index is 404. The molecule has 1 rings (SSSR count). The molecule has 0 radical (unpaired) electrons. The van der Waals surface area contributed by atoms with Crippen molar-refractivity contribution in [1.29, 1.82) is 0 Å². The fourth-order valence-corrected chi connectivity index (χ4v) is 2.67. The minimum atomic E-state index is 0.210. The van der Waals surface area contributed by atoms with E-state index < -0.39 is 0 Å². The van der Waals surface area contributed by atoms with Crippen LogP contribution in [0.4, 0.5) is 0 Å². The molecule has 108 valence electrons. The van der Waals surface area contributed by atoms with Crippen LogP contribution in [0.2, 0.25) is 0 Å². The van der Waals surface area contributed by atoms with Gasteiger partial charge in [0.2, 0.25) is 0 Å². The lowest BCUT2D eigenvalue weighted by Gasteiger charge is -2.27. The number of hydrogen-bond donors (Lipinski definition) is 2. The smallest absolute Gasteiger partial charge is 0.0346 e. The third-order valence-corrected chi connectivity index (χ3v) is 3.97. The first kappa shape index (κ1) is 16.2. The van der Waals surface area contributed by atoms with Gasteiger partial charge >= 0.3 is 0 Å². The first-order valence-corrected chi connectivity index (χ1v) is 7.29. The fourth-order valence-electron chi connectivity index (χ4n) is 2.67. The molecule has 0 heterocycles. The van der Waals surface area contributed by atoms with Crippen LogP contribution in [0.25, 0.3) is 0 Å². The van der Waals surface area contributed by atoms with Crippen molar-refractivity contribution in [3.8, 4) is 0 Å². The summed E-state index contributed by atoms with van der Waals surface area (Å²) < 4.78 is 0. The summed E-state index contributed by atoms with van der Waals surface area (Å²) in [6.45, 7) is 12.0. The molecule has 2 heteroatoms. The quantitative estimate of drug-likeness (QED) is 0.852. The van der Waals surface area contributed by atoms with Crippen molar-refractivity contribution >= 4 is 0 Å². The largest absolute Gasteiger partial charge is 0.330 e. The Labute approximate surface area is 118 Å². The summed E-state index contributed by atoms with van der Waals surface area (Å²) in [5, 5.41) is 3.45. The number of hydrogen-bond acceptors (Lipinski definition) is 2. The van der Waals surface area contributed by atoms with Crippen molar-refractivity contribution < 1.29 is 0 Å². The first-order chi connectivity index (χ1) is 8.81. The first-order valence-electron chi connectivity index (χ1n) is 7.29. The normalized spacial score (nSPS) is 15.3. The summed E-state index contributed by atoms with van der Waals surface area (Å²) in [4.78, 5) is 0. The maximum absolute atomic E-state index is 5.69. The van der Waals surface area contributed by atoms with Crippen molar-refractivity contribution in [1.82, 2.24) is 5.32 Å². The average Bonchev–Trinajstić information content (AvgIpc) is 2.31. The van der Waals surface area contributed by atoms with Crippen LogP contribution in [0.3, 0.4) is 0 Å². The van der Waals surface area contributed by atoms with E-state index in [0.717, 1.165) is 13.0 Å². The highest BCUT2D eigenvalue weighted by molar-refractivity contribution is 5.36. The minimum absolute atomic E-state index is 0.210. The van der Waals surface area contributed by atoms with Crippen LogP contribution in [0, 0.1) is 12.8 Å². The van der Waals surface area contributed by atoms with Gasteiger partial charge in [-0.05, 0) is 55.0 Å². The summed E-state index contributed by atoms with van der Waals surface area (Å²) in [6.07, 6.45) is 1.05. The zero-order valence-electron chi connectivity index (χ0n) is 13.4. The molecule has 1 aromatic rings. The van der Waals surface area contributed by atoms with E-state index >= 15 is 0 Å². The number of aryl methyl sites for hydroxylation is 1. The van der Waals surface area contributed by atoms with Crippen molar-refractivity contribution in [3.05, 3.63) is 34.9 Å². The summed E-state index contributed by atoms with van der Waals surface area (Å²) >= 11 is 0. The molecule has 0 saturated heterocycles. The van der Waals surface area contributed by atoms with Crippen LogP contribution in [0.5, 0.6) is 0 Å². The van der Waals surface area contributed by atoms with Gasteiger partial charge in [-0.1, -0.05) is 45.9 Å². The lowest BCUT2D eigenvalue weighted by Crippen LogP contribution is -2.26. The molecule has 2 unspecified atom stereocenters. The second-order valence-corrected chi connectivity index (χ2v) is 6.64. The van der Waals surface area contributed by atoms with Gasteiger partial charge in [0.25, 0.3) is 0 Å². The van der Waals surface area contributed by atoms with E-state index in [4.69, 9.17) is 5.73 Å². The third kappa shape index (κ3) is 4.05. The van der Waals surface area contributed by atoms with E-state index in [1.807, 2.05) is 7.05 Å². The second-order valence-electron chi connectivity index (χ2n) is 6.64. The topological polar surface area (TPSA) is 38.0 Å². The number of nitrogens with one attached hydrogen (secondary N) is 1. The Morgan fingerprint density at radius 3 is 2.32 bits per heavy atom. The van der Waals surface area contributed by atoms with Crippen LogP contribution >= 0.6 is 0 Å². The van der Waals surface area contributed by atoms with E-state index in [1.54, 1.807) is 0 Å². The highest BCUT2D eigenvalue weighted by atomic mass is 14.9. The van der Waals surface area contributed by atoms with E-state index in [9.17, 15) is 0 Å². The van der Waals surface area contributed by atoms with Gasteiger partial charge in [-0.25, -0.2) is 0 Å². The Morgan fingerprint density at radius 1 is 1.26 bits per heavy atom. The summed E-state index contributed by atoms with van der Waals surface area (Å²) in [5.74, 6) is 0.550. The highest BCUT2D eigenvalue weighted by Gasteiger charge is 2.20. The predicted octanol–water partition coefficient (Wildman–Crippen LogP) is 3.54. The molecule has 2 nitrogen and oxygen atoms in total. The molecule has 0 amide bonds. The summed E-state index contributed by atoms with van der Waals surface area (Å²) in [6, 6.07) is 7.26. The maximum atomic E-state index is 5.69.